The van der Waals surface area contributed by atoms with Crippen molar-refractivity contribution >= 4 is 46.5 Å². The number of para-hydroxylation sites is 1. The van der Waals surface area contributed by atoms with Gasteiger partial charge in [-0.15, -0.1) is 0 Å². The number of methoxy groups -OCH3 is 1. The van der Waals surface area contributed by atoms with Gasteiger partial charge in [-0.25, -0.2) is 0 Å². The third-order valence-electron chi connectivity index (χ3n) is 4.51. The van der Waals surface area contributed by atoms with Crippen molar-refractivity contribution in [3.8, 4) is 5.75 Å². The number of hydrogen-bond donors (Lipinski definition) is 1. The molecule has 0 unspecified atom stereocenters. The molecule has 0 atom stereocenters. The topological polar surface area (TPSA) is 75.7 Å². The largest absolute Gasteiger partial charge is 0.496 e. The molecule has 1 saturated heterocycles. The normalized spacial score (nSPS) is 15.0. The first-order valence-corrected chi connectivity index (χ1v) is 10.6. The van der Waals surface area contributed by atoms with Gasteiger partial charge < -0.3 is 10.1 Å². The Morgan fingerprint density at radius 1 is 1.17 bits per heavy atom. The van der Waals surface area contributed by atoms with Gasteiger partial charge in [-0.3, -0.25) is 19.3 Å². The third-order valence-corrected chi connectivity index (χ3v) is 5.67. The molecule has 2 aromatic rings. The summed E-state index contributed by atoms with van der Waals surface area (Å²) in [5.41, 5.74) is 1.74. The van der Waals surface area contributed by atoms with Crippen molar-refractivity contribution in [1.82, 2.24) is 10.2 Å². The van der Waals surface area contributed by atoms with Crippen LogP contribution in [0.1, 0.15) is 17.5 Å². The number of carbonyl (C=O) groups is 3. The lowest BCUT2D eigenvalue weighted by Crippen LogP contribution is -2.37. The van der Waals surface area contributed by atoms with Gasteiger partial charge in [-0.2, -0.15) is 0 Å². The Hall–Kier alpha value is -2.77. The molecule has 0 aliphatic carbocycles. The molecule has 1 heterocycles. The van der Waals surface area contributed by atoms with Gasteiger partial charge in [0.15, 0.2) is 0 Å². The molecule has 0 spiro atoms. The van der Waals surface area contributed by atoms with Crippen LogP contribution < -0.4 is 10.1 Å². The molecule has 0 bridgehead atoms. The van der Waals surface area contributed by atoms with Gasteiger partial charge in [0.25, 0.3) is 11.1 Å². The zero-order valence-electron chi connectivity index (χ0n) is 16.4. The van der Waals surface area contributed by atoms with Gasteiger partial charge in [0, 0.05) is 24.5 Å². The van der Waals surface area contributed by atoms with Crippen LogP contribution in [-0.2, 0) is 16.0 Å². The molecule has 0 radical (unpaired) electrons. The molecule has 6 nitrogen and oxygen atoms in total. The molecule has 1 N–H and O–H groups in total. The third kappa shape index (κ3) is 5.64. The van der Waals surface area contributed by atoms with Crippen LogP contribution in [-0.4, -0.2) is 42.2 Å². The Balaban J connectivity index is 1.48. The van der Waals surface area contributed by atoms with Crippen molar-refractivity contribution in [2.45, 2.75) is 12.8 Å². The molecule has 2 aromatic carbocycles. The number of amides is 3. The van der Waals surface area contributed by atoms with Crippen LogP contribution in [0.3, 0.4) is 0 Å². The molecule has 3 rings (SSSR count). The van der Waals surface area contributed by atoms with Crippen LogP contribution in [0.25, 0.3) is 6.08 Å². The molecule has 0 saturated carbocycles. The van der Waals surface area contributed by atoms with Crippen molar-refractivity contribution in [3.05, 3.63) is 69.6 Å². The number of hydrogen-bond acceptors (Lipinski definition) is 5. The monoisotopic (exact) mass is 444 g/mol. The van der Waals surface area contributed by atoms with Crippen molar-refractivity contribution in [3.63, 3.8) is 0 Å². The molecular weight excluding hydrogens is 424 g/mol. The molecule has 1 aliphatic heterocycles. The van der Waals surface area contributed by atoms with E-state index in [0.29, 0.717) is 22.8 Å². The number of aryl methyl sites for hydroxylation is 1. The van der Waals surface area contributed by atoms with E-state index in [1.165, 1.54) is 0 Å². The highest BCUT2D eigenvalue weighted by molar-refractivity contribution is 8.18. The highest BCUT2D eigenvalue weighted by Gasteiger charge is 2.34. The Morgan fingerprint density at radius 2 is 1.90 bits per heavy atom. The summed E-state index contributed by atoms with van der Waals surface area (Å²) < 4.78 is 5.28. The predicted molar refractivity (Wildman–Crippen MR) is 118 cm³/mol. The van der Waals surface area contributed by atoms with Gasteiger partial charge in [0.1, 0.15) is 5.75 Å². The standard InChI is InChI=1S/C22H21ClN2O4S/c1-29-18-5-3-2-4-16(18)8-11-20(26)24-12-13-25-21(27)19(30-22(25)28)14-15-6-9-17(23)10-7-15/h2-7,9-10,14H,8,11-13H2,1H3,(H,24,26). The number of thioether (sulfide) groups is 1. The summed E-state index contributed by atoms with van der Waals surface area (Å²) in [5, 5.41) is 3.01. The summed E-state index contributed by atoms with van der Waals surface area (Å²) in [6.07, 6.45) is 2.49. The summed E-state index contributed by atoms with van der Waals surface area (Å²) >= 11 is 6.75. The van der Waals surface area contributed by atoms with Crippen LogP contribution in [0.4, 0.5) is 4.79 Å². The average molecular weight is 445 g/mol. The van der Waals surface area contributed by atoms with Crippen LogP contribution in [0.15, 0.2) is 53.4 Å². The smallest absolute Gasteiger partial charge is 0.293 e. The molecule has 1 aliphatic rings. The van der Waals surface area contributed by atoms with E-state index in [0.717, 1.165) is 33.5 Å². The Bertz CT molecular complexity index is 975. The second kappa shape index (κ2) is 10.3. The second-order valence-corrected chi connectivity index (χ2v) is 7.98. The Morgan fingerprint density at radius 3 is 2.63 bits per heavy atom. The number of ether oxygens (including phenoxy) is 1. The van der Waals surface area contributed by atoms with Crippen molar-refractivity contribution in [2.24, 2.45) is 0 Å². The molecule has 156 valence electrons. The fourth-order valence-corrected chi connectivity index (χ4v) is 3.95. The maximum Gasteiger partial charge on any atom is 0.293 e. The van der Waals surface area contributed by atoms with Gasteiger partial charge >= 0.3 is 0 Å². The predicted octanol–water partition coefficient (Wildman–Crippen LogP) is 4.13. The minimum Gasteiger partial charge on any atom is -0.496 e. The van der Waals surface area contributed by atoms with Gasteiger partial charge in [-0.05, 0) is 53.6 Å². The van der Waals surface area contributed by atoms with Gasteiger partial charge in [0.05, 0.1) is 12.0 Å². The lowest BCUT2D eigenvalue weighted by molar-refractivity contribution is -0.124. The van der Waals surface area contributed by atoms with Crippen molar-refractivity contribution < 1.29 is 19.1 Å². The van der Waals surface area contributed by atoms with Gasteiger partial charge in [-0.1, -0.05) is 41.9 Å². The molecule has 1 fully saturated rings. The van der Waals surface area contributed by atoms with E-state index in [-0.39, 0.29) is 30.1 Å². The molecule has 8 heteroatoms. The number of imide groups is 1. The molecular formula is C22H21ClN2O4S. The first kappa shape index (κ1) is 21.9. The summed E-state index contributed by atoms with van der Waals surface area (Å²) in [6.45, 7) is 0.333. The average Bonchev–Trinajstić information content (AvgIpc) is 3.01. The summed E-state index contributed by atoms with van der Waals surface area (Å²) in [6, 6.07) is 14.5. The zero-order chi connectivity index (χ0) is 21.5. The summed E-state index contributed by atoms with van der Waals surface area (Å²) in [7, 11) is 1.59. The highest BCUT2D eigenvalue weighted by Crippen LogP contribution is 2.32. The maximum absolute atomic E-state index is 12.5. The minimum atomic E-state index is -0.358. The van der Waals surface area contributed by atoms with E-state index >= 15 is 0 Å². The lowest BCUT2D eigenvalue weighted by atomic mass is 10.1. The number of halogens is 1. The first-order valence-electron chi connectivity index (χ1n) is 9.37. The van der Waals surface area contributed by atoms with E-state index in [2.05, 4.69) is 5.32 Å². The fourth-order valence-electron chi connectivity index (χ4n) is 2.96. The van der Waals surface area contributed by atoms with Crippen LogP contribution in [0.2, 0.25) is 5.02 Å². The fraction of sp³-hybridized carbons (Fsp3) is 0.227. The van der Waals surface area contributed by atoms with E-state index in [1.807, 2.05) is 24.3 Å². The second-order valence-electron chi connectivity index (χ2n) is 6.55. The first-order chi connectivity index (χ1) is 14.5. The molecule has 30 heavy (non-hydrogen) atoms. The van der Waals surface area contributed by atoms with E-state index < -0.39 is 0 Å². The maximum atomic E-state index is 12.5. The minimum absolute atomic E-state index is 0.128. The number of nitrogens with zero attached hydrogens (tertiary/aromatic N) is 1. The van der Waals surface area contributed by atoms with E-state index in [1.54, 1.807) is 37.5 Å². The zero-order valence-corrected chi connectivity index (χ0v) is 18.0. The van der Waals surface area contributed by atoms with E-state index in [4.69, 9.17) is 16.3 Å². The SMILES string of the molecule is COc1ccccc1CCC(=O)NCCN1C(=O)SC(=Cc2ccc(Cl)cc2)C1=O. The highest BCUT2D eigenvalue weighted by atomic mass is 35.5. The summed E-state index contributed by atoms with van der Waals surface area (Å²) in [5.74, 6) is 0.239. The Kier molecular flexibility index (Phi) is 7.54. The van der Waals surface area contributed by atoms with Crippen LogP contribution >= 0.6 is 23.4 Å². The quantitative estimate of drug-likeness (QED) is 0.619. The number of carbonyl (C=O) groups excluding carboxylic acids is 3. The number of rotatable bonds is 8. The summed E-state index contributed by atoms with van der Waals surface area (Å²) in [4.78, 5) is 38.3. The number of nitrogens with one attached hydrogen (secondary N) is 1. The van der Waals surface area contributed by atoms with Crippen LogP contribution in [0, 0.1) is 0 Å². The van der Waals surface area contributed by atoms with Crippen molar-refractivity contribution in [2.75, 3.05) is 20.2 Å². The number of benzene rings is 2. The lowest BCUT2D eigenvalue weighted by Gasteiger charge is -2.13. The van der Waals surface area contributed by atoms with Gasteiger partial charge in [0.2, 0.25) is 5.91 Å². The molecule has 3 amide bonds. The van der Waals surface area contributed by atoms with Crippen LogP contribution in [0.5, 0.6) is 5.75 Å². The van der Waals surface area contributed by atoms with E-state index in [9.17, 15) is 14.4 Å². The van der Waals surface area contributed by atoms with Crippen molar-refractivity contribution in [1.29, 1.82) is 0 Å². The molecule has 0 aromatic heterocycles. The Labute approximate surface area is 184 Å².